The molecule has 4 heteroatoms. The Labute approximate surface area is 84.0 Å². The predicted molar refractivity (Wildman–Crippen MR) is 57.2 cm³/mol. The number of hydrogen-bond acceptors (Lipinski definition) is 2. The molecular weight excluding hydrogens is 184 g/mol. The normalized spacial score (nSPS) is 16.4. The van der Waals surface area contributed by atoms with E-state index in [2.05, 4.69) is 16.9 Å². The zero-order valence-corrected chi connectivity index (χ0v) is 8.95. The lowest BCUT2D eigenvalue weighted by atomic mass is 9.93. The molecule has 0 atom stereocenters. The Balaban J connectivity index is 1.91. The van der Waals surface area contributed by atoms with Crippen LogP contribution in [0.25, 0.3) is 0 Å². The quantitative estimate of drug-likeness (QED) is 0.665. The van der Waals surface area contributed by atoms with Crippen molar-refractivity contribution >= 4 is 17.8 Å². The largest absolute Gasteiger partial charge is 0.338 e. The summed E-state index contributed by atoms with van der Waals surface area (Å²) in [7, 11) is 0. The lowest BCUT2D eigenvalue weighted by molar-refractivity contribution is 0.228. The van der Waals surface area contributed by atoms with Gasteiger partial charge in [0.1, 0.15) is 0 Å². The van der Waals surface area contributed by atoms with E-state index in [1.807, 2.05) is 11.8 Å². The maximum absolute atomic E-state index is 11.2. The lowest BCUT2D eigenvalue weighted by Gasteiger charge is -2.26. The molecule has 76 valence electrons. The molecule has 0 unspecified atom stereocenters. The van der Waals surface area contributed by atoms with Crippen molar-refractivity contribution in [3.63, 3.8) is 0 Å². The van der Waals surface area contributed by atoms with E-state index in [9.17, 15) is 4.79 Å². The molecule has 0 saturated heterocycles. The van der Waals surface area contributed by atoms with Gasteiger partial charge in [-0.15, -0.1) is 0 Å². The summed E-state index contributed by atoms with van der Waals surface area (Å²) in [6.45, 7) is 0.791. The molecule has 1 aliphatic rings. The highest BCUT2D eigenvalue weighted by molar-refractivity contribution is 7.98. The van der Waals surface area contributed by atoms with Gasteiger partial charge in [0.2, 0.25) is 0 Å². The van der Waals surface area contributed by atoms with Crippen molar-refractivity contribution in [3.05, 3.63) is 0 Å². The van der Waals surface area contributed by atoms with Crippen LogP contribution in [0.5, 0.6) is 0 Å². The van der Waals surface area contributed by atoms with Crippen molar-refractivity contribution in [2.45, 2.75) is 31.7 Å². The Bertz CT molecular complexity index is 160. The van der Waals surface area contributed by atoms with Gasteiger partial charge in [0.15, 0.2) is 0 Å². The topological polar surface area (TPSA) is 41.1 Å². The molecule has 0 spiro atoms. The number of hydrogen-bond donors (Lipinski definition) is 2. The van der Waals surface area contributed by atoms with Gasteiger partial charge in [0.25, 0.3) is 0 Å². The van der Waals surface area contributed by atoms with Crippen LogP contribution in [0.1, 0.15) is 25.7 Å². The number of amides is 2. The van der Waals surface area contributed by atoms with E-state index in [-0.39, 0.29) is 6.03 Å². The first-order valence-corrected chi connectivity index (χ1v) is 6.25. The number of thioether (sulfide) groups is 1. The second-order valence-corrected chi connectivity index (χ2v) is 4.36. The Kier molecular flexibility index (Phi) is 5.05. The molecule has 2 N–H and O–H groups in total. The summed E-state index contributed by atoms with van der Waals surface area (Å²) in [6.07, 6.45) is 6.70. The zero-order valence-electron chi connectivity index (χ0n) is 8.14. The molecule has 0 aromatic carbocycles. The van der Waals surface area contributed by atoms with Crippen LogP contribution in [-0.2, 0) is 0 Å². The molecule has 0 aromatic heterocycles. The van der Waals surface area contributed by atoms with Gasteiger partial charge in [-0.25, -0.2) is 4.79 Å². The van der Waals surface area contributed by atoms with Crippen LogP contribution >= 0.6 is 11.8 Å². The Hall–Kier alpha value is -0.380. The Morgan fingerprint density at radius 1 is 1.54 bits per heavy atom. The molecule has 2 amide bonds. The van der Waals surface area contributed by atoms with Crippen molar-refractivity contribution < 1.29 is 4.79 Å². The van der Waals surface area contributed by atoms with Crippen LogP contribution in [0, 0.1) is 0 Å². The molecule has 0 aliphatic heterocycles. The van der Waals surface area contributed by atoms with Crippen molar-refractivity contribution in [1.82, 2.24) is 10.6 Å². The minimum Gasteiger partial charge on any atom is -0.338 e. The van der Waals surface area contributed by atoms with E-state index >= 15 is 0 Å². The van der Waals surface area contributed by atoms with Crippen LogP contribution in [0.4, 0.5) is 4.79 Å². The van der Waals surface area contributed by atoms with Gasteiger partial charge in [-0.1, -0.05) is 0 Å². The van der Waals surface area contributed by atoms with Gasteiger partial charge in [-0.05, 0) is 37.7 Å². The molecular formula is C9H18N2OS. The van der Waals surface area contributed by atoms with Gasteiger partial charge >= 0.3 is 6.03 Å². The molecule has 1 rings (SSSR count). The first-order chi connectivity index (χ1) is 6.33. The molecule has 0 bridgehead atoms. The third kappa shape index (κ3) is 4.41. The molecule has 1 saturated carbocycles. The molecule has 3 nitrogen and oxygen atoms in total. The first kappa shape index (κ1) is 10.7. The molecule has 0 aromatic rings. The van der Waals surface area contributed by atoms with Gasteiger partial charge in [-0.3, -0.25) is 0 Å². The van der Waals surface area contributed by atoms with Crippen molar-refractivity contribution in [1.29, 1.82) is 0 Å². The highest BCUT2D eigenvalue weighted by Gasteiger charge is 2.18. The number of carbonyl (C=O) groups is 1. The number of nitrogens with one attached hydrogen (secondary N) is 2. The average molecular weight is 202 g/mol. The maximum Gasteiger partial charge on any atom is 0.315 e. The second kappa shape index (κ2) is 6.13. The van der Waals surface area contributed by atoms with Crippen LogP contribution in [0.15, 0.2) is 0 Å². The predicted octanol–water partition coefficient (Wildman–Crippen LogP) is 1.59. The van der Waals surface area contributed by atoms with E-state index in [4.69, 9.17) is 0 Å². The van der Waals surface area contributed by atoms with Crippen molar-refractivity contribution in [2.75, 3.05) is 18.6 Å². The van der Waals surface area contributed by atoms with Gasteiger partial charge in [-0.2, -0.15) is 11.8 Å². The molecule has 13 heavy (non-hydrogen) atoms. The van der Waals surface area contributed by atoms with Crippen LogP contribution in [0.3, 0.4) is 0 Å². The van der Waals surface area contributed by atoms with E-state index < -0.39 is 0 Å². The monoisotopic (exact) mass is 202 g/mol. The summed E-state index contributed by atoms with van der Waals surface area (Å²) in [5.41, 5.74) is 0. The fourth-order valence-corrected chi connectivity index (χ4v) is 1.64. The Morgan fingerprint density at radius 3 is 2.85 bits per heavy atom. The first-order valence-electron chi connectivity index (χ1n) is 4.86. The smallest absolute Gasteiger partial charge is 0.315 e. The minimum atomic E-state index is 0.00537. The fourth-order valence-electron chi connectivity index (χ4n) is 1.21. The average Bonchev–Trinajstić information content (AvgIpc) is 2.06. The third-order valence-corrected chi connectivity index (χ3v) is 2.95. The van der Waals surface area contributed by atoms with Gasteiger partial charge < -0.3 is 10.6 Å². The number of rotatable bonds is 5. The molecule has 0 radical (unpaired) electrons. The van der Waals surface area contributed by atoms with Crippen molar-refractivity contribution in [3.8, 4) is 0 Å². The Morgan fingerprint density at radius 2 is 2.31 bits per heavy atom. The SMILES string of the molecule is CSCCCNC(=O)NC1CCC1. The van der Waals surface area contributed by atoms with Crippen LogP contribution in [-0.4, -0.2) is 30.6 Å². The van der Waals surface area contributed by atoms with E-state index in [0.717, 1.165) is 31.6 Å². The summed E-state index contributed by atoms with van der Waals surface area (Å²) in [5, 5.41) is 5.79. The number of urea groups is 1. The van der Waals surface area contributed by atoms with E-state index in [1.165, 1.54) is 6.42 Å². The summed E-state index contributed by atoms with van der Waals surface area (Å²) in [5.74, 6) is 1.11. The summed E-state index contributed by atoms with van der Waals surface area (Å²) in [4.78, 5) is 11.2. The van der Waals surface area contributed by atoms with E-state index in [0.29, 0.717) is 6.04 Å². The van der Waals surface area contributed by atoms with Gasteiger partial charge in [0, 0.05) is 12.6 Å². The highest BCUT2D eigenvalue weighted by Crippen LogP contribution is 2.17. The van der Waals surface area contributed by atoms with Crippen LogP contribution < -0.4 is 10.6 Å². The van der Waals surface area contributed by atoms with E-state index in [1.54, 1.807) is 0 Å². The zero-order chi connectivity index (χ0) is 9.52. The highest BCUT2D eigenvalue weighted by atomic mass is 32.2. The standard InChI is InChI=1S/C9H18N2OS/c1-13-7-3-6-10-9(12)11-8-4-2-5-8/h8H,2-7H2,1H3,(H2,10,11,12). The fraction of sp³-hybridized carbons (Fsp3) is 0.889. The van der Waals surface area contributed by atoms with Crippen LogP contribution in [0.2, 0.25) is 0 Å². The minimum absolute atomic E-state index is 0.00537. The maximum atomic E-state index is 11.2. The number of carbonyl (C=O) groups excluding carboxylic acids is 1. The summed E-state index contributed by atoms with van der Waals surface area (Å²) < 4.78 is 0. The summed E-state index contributed by atoms with van der Waals surface area (Å²) >= 11 is 1.81. The second-order valence-electron chi connectivity index (χ2n) is 3.37. The molecule has 0 heterocycles. The van der Waals surface area contributed by atoms with Gasteiger partial charge in [0.05, 0.1) is 0 Å². The van der Waals surface area contributed by atoms with Crippen molar-refractivity contribution in [2.24, 2.45) is 0 Å². The lowest BCUT2D eigenvalue weighted by Crippen LogP contribution is -2.45. The summed E-state index contributed by atoms with van der Waals surface area (Å²) in [6, 6.07) is 0.450. The molecule has 1 fully saturated rings. The molecule has 1 aliphatic carbocycles. The third-order valence-electron chi connectivity index (χ3n) is 2.25.